The normalized spacial score (nSPS) is 24.6. The fourth-order valence-corrected chi connectivity index (χ4v) is 2.27. The van der Waals surface area contributed by atoms with Gasteiger partial charge in [0, 0.05) is 6.54 Å². The Bertz CT molecular complexity index is 315. The molecule has 18 heavy (non-hydrogen) atoms. The fourth-order valence-electron chi connectivity index (χ4n) is 2.27. The molecule has 4 nitrogen and oxygen atoms in total. The molecule has 1 saturated heterocycles. The summed E-state index contributed by atoms with van der Waals surface area (Å²) < 4.78 is 0. The number of hydrogen-bond acceptors (Lipinski definition) is 2. The summed E-state index contributed by atoms with van der Waals surface area (Å²) in [4.78, 5) is 25.6. The van der Waals surface area contributed by atoms with Gasteiger partial charge in [0.2, 0.25) is 11.8 Å². The zero-order chi connectivity index (χ0) is 13.8. The third-order valence-electron chi connectivity index (χ3n) is 3.68. The van der Waals surface area contributed by atoms with Crippen molar-refractivity contribution in [2.75, 3.05) is 13.1 Å². The van der Waals surface area contributed by atoms with Gasteiger partial charge in [-0.25, -0.2) is 0 Å². The van der Waals surface area contributed by atoms with E-state index in [1.165, 1.54) is 6.42 Å². The van der Waals surface area contributed by atoms with Crippen molar-refractivity contribution in [3.05, 3.63) is 0 Å². The lowest BCUT2D eigenvalue weighted by Crippen LogP contribution is -2.65. The van der Waals surface area contributed by atoms with Crippen LogP contribution in [0.2, 0.25) is 0 Å². The summed E-state index contributed by atoms with van der Waals surface area (Å²) in [6, 6.07) is 0. The van der Waals surface area contributed by atoms with Gasteiger partial charge in [-0.1, -0.05) is 33.6 Å². The SMILES string of the molecule is CCC1(C)NC(=O)CN(CCCCC(C)C)C1=O. The number of nitrogens with one attached hydrogen (secondary N) is 1. The van der Waals surface area contributed by atoms with Crippen molar-refractivity contribution in [2.24, 2.45) is 5.92 Å². The molecule has 1 heterocycles. The molecule has 1 unspecified atom stereocenters. The molecule has 0 radical (unpaired) electrons. The van der Waals surface area contributed by atoms with Crippen LogP contribution in [0.1, 0.15) is 53.4 Å². The summed E-state index contributed by atoms with van der Waals surface area (Å²) in [5.41, 5.74) is -0.701. The Morgan fingerprint density at radius 3 is 2.56 bits per heavy atom. The molecule has 1 fully saturated rings. The molecule has 0 bridgehead atoms. The molecule has 0 saturated carbocycles. The maximum atomic E-state index is 12.3. The summed E-state index contributed by atoms with van der Waals surface area (Å²) in [6.45, 7) is 9.07. The van der Waals surface area contributed by atoms with Gasteiger partial charge in [-0.15, -0.1) is 0 Å². The van der Waals surface area contributed by atoms with Crippen LogP contribution >= 0.6 is 0 Å². The zero-order valence-electron chi connectivity index (χ0n) is 12.1. The second-order valence-corrected chi connectivity index (χ2v) is 5.85. The van der Waals surface area contributed by atoms with E-state index in [4.69, 9.17) is 0 Å². The first kappa shape index (κ1) is 15.0. The minimum absolute atomic E-state index is 0.0391. The first-order chi connectivity index (χ1) is 8.39. The summed E-state index contributed by atoms with van der Waals surface area (Å²) in [7, 11) is 0. The number of rotatable bonds is 6. The fraction of sp³-hybridized carbons (Fsp3) is 0.857. The molecule has 1 N–H and O–H groups in total. The molecule has 0 spiro atoms. The predicted octanol–water partition coefficient (Wildman–Crippen LogP) is 1.94. The summed E-state index contributed by atoms with van der Waals surface area (Å²) >= 11 is 0. The molecule has 0 aromatic carbocycles. The summed E-state index contributed by atoms with van der Waals surface area (Å²) in [6.07, 6.45) is 3.92. The van der Waals surface area contributed by atoms with Crippen LogP contribution in [0.25, 0.3) is 0 Å². The Morgan fingerprint density at radius 2 is 2.00 bits per heavy atom. The summed E-state index contributed by atoms with van der Waals surface area (Å²) in [5.74, 6) is 0.725. The van der Waals surface area contributed by atoms with Crippen molar-refractivity contribution in [2.45, 2.75) is 58.9 Å². The Labute approximate surface area is 110 Å². The van der Waals surface area contributed by atoms with E-state index in [9.17, 15) is 9.59 Å². The minimum Gasteiger partial charge on any atom is -0.340 e. The third-order valence-corrected chi connectivity index (χ3v) is 3.68. The standard InChI is InChI=1S/C14H26N2O2/c1-5-14(4)13(18)16(10-12(17)15-14)9-7-6-8-11(2)3/h11H,5-10H2,1-4H3,(H,15,17). The van der Waals surface area contributed by atoms with E-state index in [0.29, 0.717) is 18.9 Å². The van der Waals surface area contributed by atoms with Gasteiger partial charge < -0.3 is 10.2 Å². The molecular formula is C14H26N2O2. The number of nitrogens with zero attached hydrogens (tertiary/aromatic N) is 1. The van der Waals surface area contributed by atoms with E-state index in [0.717, 1.165) is 12.8 Å². The topological polar surface area (TPSA) is 49.4 Å². The first-order valence-corrected chi connectivity index (χ1v) is 6.99. The van der Waals surface area contributed by atoms with Gasteiger partial charge in [0.1, 0.15) is 5.54 Å². The maximum absolute atomic E-state index is 12.3. The molecule has 4 heteroatoms. The van der Waals surface area contributed by atoms with Crippen LogP contribution < -0.4 is 5.32 Å². The highest BCUT2D eigenvalue weighted by Crippen LogP contribution is 2.18. The number of carbonyl (C=O) groups excluding carboxylic acids is 2. The molecule has 104 valence electrons. The number of unbranched alkanes of at least 4 members (excludes halogenated alkanes) is 1. The maximum Gasteiger partial charge on any atom is 0.248 e. The van der Waals surface area contributed by atoms with Crippen LogP contribution in [-0.2, 0) is 9.59 Å². The van der Waals surface area contributed by atoms with Crippen molar-refractivity contribution in [3.63, 3.8) is 0 Å². The molecular weight excluding hydrogens is 228 g/mol. The average molecular weight is 254 g/mol. The molecule has 0 aromatic heterocycles. The van der Waals surface area contributed by atoms with Gasteiger partial charge in [0.25, 0.3) is 0 Å². The Morgan fingerprint density at radius 1 is 1.33 bits per heavy atom. The first-order valence-electron chi connectivity index (χ1n) is 6.99. The molecule has 1 aliphatic heterocycles. The quantitative estimate of drug-likeness (QED) is 0.736. The highest BCUT2D eigenvalue weighted by Gasteiger charge is 2.40. The lowest BCUT2D eigenvalue weighted by Gasteiger charge is -2.39. The van der Waals surface area contributed by atoms with E-state index >= 15 is 0 Å². The molecule has 1 atom stereocenters. The Kier molecular flexibility index (Phi) is 5.17. The second-order valence-electron chi connectivity index (χ2n) is 5.85. The van der Waals surface area contributed by atoms with Gasteiger partial charge in [-0.05, 0) is 25.7 Å². The number of amides is 2. The number of hydrogen-bond donors (Lipinski definition) is 1. The zero-order valence-corrected chi connectivity index (χ0v) is 12.1. The molecule has 1 aliphatic rings. The molecule has 0 aliphatic carbocycles. The van der Waals surface area contributed by atoms with E-state index in [2.05, 4.69) is 19.2 Å². The molecule has 0 aromatic rings. The van der Waals surface area contributed by atoms with Gasteiger partial charge in [0.05, 0.1) is 6.54 Å². The van der Waals surface area contributed by atoms with Crippen molar-refractivity contribution in [1.29, 1.82) is 0 Å². The highest BCUT2D eigenvalue weighted by molar-refractivity contribution is 5.97. The van der Waals surface area contributed by atoms with Crippen molar-refractivity contribution < 1.29 is 9.59 Å². The number of piperazine rings is 1. The van der Waals surface area contributed by atoms with Crippen molar-refractivity contribution in [3.8, 4) is 0 Å². The van der Waals surface area contributed by atoms with Crippen LogP contribution in [0, 0.1) is 5.92 Å². The molecule has 1 rings (SSSR count). The van der Waals surface area contributed by atoms with Gasteiger partial charge in [-0.2, -0.15) is 0 Å². The monoisotopic (exact) mass is 254 g/mol. The minimum atomic E-state index is -0.701. The Hall–Kier alpha value is -1.06. The summed E-state index contributed by atoms with van der Waals surface area (Å²) in [5, 5.41) is 2.80. The van der Waals surface area contributed by atoms with Gasteiger partial charge in [-0.3, -0.25) is 9.59 Å². The van der Waals surface area contributed by atoms with Crippen molar-refractivity contribution in [1.82, 2.24) is 10.2 Å². The van der Waals surface area contributed by atoms with Crippen molar-refractivity contribution >= 4 is 11.8 Å². The predicted molar refractivity (Wildman–Crippen MR) is 72.1 cm³/mol. The van der Waals surface area contributed by atoms with Crippen LogP contribution in [0.4, 0.5) is 0 Å². The van der Waals surface area contributed by atoms with Crippen LogP contribution in [0.5, 0.6) is 0 Å². The Balaban J connectivity index is 2.49. The third kappa shape index (κ3) is 3.72. The van der Waals surface area contributed by atoms with Crippen LogP contribution in [-0.4, -0.2) is 35.3 Å². The lowest BCUT2D eigenvalue weighted by molar-refractivity contribution is -0.149. The van der Waals surface area contributed by atoms with Gasteiger partial charge >= 0.3 is 0 Å². The van der Waals surface area contributed by atoms with Crippen LogP contribution in [0.3, 0.4) is 0 Å². The van der Waals surface area contributed by atoms with E-state index < -0.39 is 5.54 Å². The average Bonchev–Trinajstić information content (AvgIpc) is 2.30. The van der Waals surface area contributed by atoms with E-state index in [1.807, 2.05) is 13.8 Å². The lowest BCUT2D eigenvalue weighted by atomic mass is 9.94. The second kappa shape index (κ2) is 6.21. The number of carbonyl (C=O) groups is 2. The molecule has 2 amide bonds. The van der Waals surface area contributed by atoms with Crippen LogP contribution in [0.15, 0.2) is 0 Å². The van der Waals surface area contributed by atoms with E-state index in [-0.39, 0.29) is 18.4 Å². The largest absolute Gasteiger partial charge is 0.340 e. The van der Waals surface area contributed by atoms with E-state index in [1.54, 1.807) is 4.90 Å². The highest BCUT2D eigenvalue weighted by atomic mass is 16.2. The smallest absolute Gasteiger partial charge is 0.248 e. The van der Waals surface area contributed by atoms with Gasteiger partial charge in [0.15, 0.2) is 0 Å².